The fraction of sp³-hybridized carbons (Fsp3) is 0.125. The van der Waals surface area contributed by atoms with Gasteiger partial charge in [0.05, 0.1) is 6.20 Å². The molecule has 1 heterocycles. The Bertz CT molecular complexity index is 365. The van der Waals surface area contributed by atoms with Crippen molar-refractivity contribution in [3.8, 4) is 0 Å². The molecule has 0 fully saturated rings. The first-order valence-electron chi connectivity index (χ1n) is 3.56. The second-order valence-corrected chi connectivity index (χ2v) is 2.41. The first-order valence-corrected chi connectivity index (χ1v) is 3.56. The third-order valence-electron chi connectivity index (χ3n) is 1.34. The van der Waals surface area contributed by atoms with Gasteiger partial charge in [-0.25, -0.2) is 9.48 Å². The highest BCUT2D eigenvalue weighted by molar-refractivity contribution is 5.85. The largest absolute Gasteiger partial charge is 0.478 e. The van der Waals surface area contributed by atoms with Gasteiger partial charge in [-0.05, 0) is 6.08 Å². The Kier molecular flexibility index (Phi) is 2.59. The molecule has 68 valence electrons. The molecule has 1 aromatic rings. The summed E-state index contributed by atoms with van der Waals surface area (Å²) < 4.78 is 1.14. The van der Waals surface area contributed by atoms with Crippen molar-refractivity contribution in [3.63, 3.8) is 0 Å². The van der Waals surface area contributed by atoms with Crippen molar-refractivity contribution in [2.45, 2.75) is 6.92 Å². The van der Waals surface area contributed by atoms with Gasteiger partial charge in [-0.3, -0.25) is 4.79 Å². The van der Waals surface area contributed by atoms with E-state index >= 15 is 0 Å². The molecule has 0 amide bonds. The van der Waals surface area contributed by atoms with Gasteiger partial charge in [0.1, 0.15) is 0 Å². The van der Waals surface area contributed by atoms with Gasteiger partial charge in [0.15, 0.2) is 0 Å². The second-order valence-electron chi connectivity index (χ2n) is 2.41. The Morgan fingerprint density at radius 3 is 2.77 bits per heavy atom. The number of hydrogen-bond donors (Lipinski definition) is 1. The Morgan fingerprint density at radius 1 is 1.62 bits per heavy atom. The fourth-order valence-corrected chi connectivity index (χ4v) is 0.763. The number of rotatable bonds is 2. The molecule has 0 aromatic carbocycles. The molecule has 0 aliphatic heterocycles. The molecular weight excluding hydrogens is 172 g/mol. The molecule has 0 spiro atoms. The molecule has 0 saturated carbocycles. The Hall–Kier alpha value is -1.91. The van der Waals surface area contributed by atoms with E-state index in [0.717, 1.165) is 10.8 Å². The van der Waals surface area contributed by atoms with Crippen molar-refractivity contribution < 1.29 is 14.7 Å². The van der Waals surface area contributed by atoms with Gasteiger partial charge in [0.25, 0.3) is 0 Å². The molecule has 0 bridgehead atoms. The number of nitrogens with zero attached hydrogens (tertiary/aromatic N) is 2. The molecule has 1 N–H and O–H groups in total. The molecule has 0 atom stereocenters. The van der Waals surface area contributed by atoms with E-state index in [0.29, 0.717) is 5.56 Å². The van der Waals surface area contributed by atoms with E-state index in [-0.39, 0.29) is 5.91 Å². The molecule has 13 heavy (non-hydrogen) atoms. The number of carboxylic acid groups (broad SMARTS) is 1. The molecule has 0 saturated heterocycles. The maximum Gasteiger partial charge on any atom is 0.328 e. The van der Waals surface area contributed by atoms with E-state index in [1.54, 1.807) is 0 Å². The van der Waals surface area contributed by atoms with Crippen LogP contribution in [0.25, 0.3) is 6.08 Å². The minimum absolute atomic E-state index is 0.213. The van der Waals surface area contributed by atoms with Crippen LogP contribution in [-0.2, 0) is 4.79 Å². The standard InChI is InChI=1S/C8H8N2O3/c1-6(11)10-5-7(4-9-10)2-3-8(12)13/h2-5H,1H3,(H,12,13)/b3-2+. The van der Waals surface area contributed by atoms with Gasteiger partial charge in [-0.2, -0.15) is 5.10 Å². The van der Waals surface area contributed by atoms with Crippen molar-refractivity contribution in [2.24, 2.45) is 0 Å². The normalized spacial score (nSPS) is 10.5. The number of hydrogen-bond acceptors (Lipinski definition) is 3. The number of carboxylic acids is 1. The van der Waals surface area contributed by atoms with Gasteiger partial charge in [-0.15, -0.1) is 0 Å². The first kappa shape index (κ1) is 9.18. The summed E-state index contributed by atoms with van der Waals surface area (Å²) in [4.78, 5) is 20.9. The maximum absolute atomic E-state index is 10.8. The summed E-state index contributed by atoms with van der Waals surface area (Å²) in [6, 6.07) is 0. The van der Waals surface area contributed by atoms with Crippen molar-refractivity contribution >= 4 is 18.0 Å². The van der Waals surface area contributed by atoms with Crippen LogP contribution in [-0.4, -0.2) is 26.8 Å². The number of carbonyl (C=O) groups is 2. The van der Waals surface area contributed by atoms with Crippen LogP contribution in [0.3, 0.4) is 0 Å². The lowest BCUT2D eigenvalue weighted by molar-refractivity contribution is -0.131. The van der Waals surface area contributed by atoms with Gasteiger partial charge in [0, 0.05) is 24.8 Å². The minimum Gasteiger partial charge on any atom is -0.478 e. The van der Waals surface area contributed by atoms with Crippen LogP contribution in [0.15, 0.2) is 18.5 Å². The van der Waals surface area contributed by atoms with E-state index in [1.807, 2.05) is 0 Å². The average Bonchev–Trinajstić information content (AvgIpc) is 2.48. The zero-order valence-corrected chi connectivity index (χ0v) is 6.97. The molecule has 1 rings (SSSR count). The Morgan fingerprint density at radius 2 is 2.31 bits per heavy atom. The van der Waals surface area contributed by atoms with Gasteiger partial charge >= 0.3 is 5.97 Å². The molecule has 0 aliphatic carbocycles. The van der Waals surface area contributed by atoms with Crippen LogP contribution < -0.4 is 0 Å². The van der Waals surface area contributed by atoms with Crippen LogP contribution in [0, 0.1) is 0 Å². The van der Waals surface area contributed by atoms with Crippen molar-refractivity contribution in [1.82, 2.24) is 9.78 Å². The second kappa shape index (κ2) is 3.66. The lowest BCUT2D eigenvalue weighted by Crippen LogP contribution is -2.04. The summed E-state index contributed by atoms with van der Waals surface area (Å²) in [5.41, 5.74) is 0.581. The van der Waals surface area contributed by atoms with Gasteiger partial charge in [-0.1, -0.05) is 0 Å². The number of carbonyl (C=O) groups excluding carboxylic acids is 1. The highest BCUT2D eigenvalue weighted by atomic mass is 16.4. The average molecular weight is 180 g/mol. The monoisotopic (exact) mass is 180 g/mol. The molecule has 0 radical (unpaired) electrons. The highest BCUT2D eigenvalue weighted by Crippen LogP contribution is 1.99. The van der Waals surface area contributed by atoms with Crippen LogP contribution in [0.4, 0.5) is 0 Å². The van der Waals surface area contributed by atoms with Crippen molar-refractivity contribution in [2.75, 3.05) is 0 Å². The number of aromatic nitrogens is 2. The number of aliphatic carboxylic acids is 1. The molecule has 1 aromatic heterocycles. The summed E-state index contributed by atoms with van der Waals surface area (Å²) in [6.45, 7) is 1.37. The molecule has 0 unspecified atom stereocenters. The van der Waals surface area contributed by atoms with Crippen molar-refractivity contribution in [3.05, 3.63) is 24.0 Å². The van der Waals surface area contributed by atoms with E-state index in [1.165, 1.54) is 25.4 Å². The third-order valence-corrected chi connectivity index (χ3v) is 1.34. The van der Waals surface area contributed by atoms with Crippen LogP contribution in [0.5, 0.6) is 0 Å². The van der Waals surface area contributed by atoms with Gasteiger partial charge in [0.2, 0.25) is 5.91 Å². The SMILES string of the molecule is CC(=O)n1cc(/C=C/C(=O)O)cn1. The molecule has 0 aliphatic rings. The third kappa shape index (κ3) is 2.55. The minimum atomic E-state index is -1.03. The lowest BCUT2D eigenvalue weighted by atomic mass is 10.3. The van der Waals surface area contributed by atoms with Crippen molar-refractivity contribution in [1.29, 1.82) is 0 Å². The van der Waals surface area contributed by atoms with Crippen LogP contribution >= 0.6 is 0 Å². The maximum atomic E-state index is 10.8. The zero-order chi connectivity index (χ0) is 9.84. The summed E-state index contributed by atoms with van der Waals surface area (Å²) in [5.74, 6) is -1.24. The topological polar surface area (TPSA) is 72.2 Å². The van der Waals surface area contributed by atoms with E-state index < -0.39 is 5.97 Å². The zero-order valence-electron chi connectivity index (χ0n) is 6.97. The Labute approximate surface area is 74.3 Å². The quantitative estimate of drug-likeness (QED) is 0.678. The summed E-state index contributed by atoms with van der Waals surface area (Å²) in [6.07, 6.45) is 5.23. The molecule has 5 nitrogen and oxygen atoms in total. The summed E-state index contributed by atoms with van der Waals surface area (Å²) in [5, 5.41) is 12.0. The van der Waals surface area contributed by atoms with Gasteiger partial charge < -0.3 is 5.11 Å². The Balaban J connectivity index is 2.80. The smallest absolute Gasteiger partial charge is 0.328 e. The van der Waals surface area contributed by atoms with E-state index in [2.05, 4.69) is 5.10 Å². The van der Waals surface area contributed by atoms with Crippen LogP contribution in [0.1, 0.15) is 17.3 Å². The van der Waals surface area contributed by atoms with E-state index in [9.17, 15) is 9.59 Å². The molecule has 5 heteroatoms. The van der Waals surface area contributed by atoms with Crippen LogP contribution in [0.2, 0.25) is 0 Å². The lowest BCUT2D eigenvalue weighted by Gasteiger charge is -1.88. The summed E-state index contributed by atoms with van der Waals surface area (Å²) >= 11 is 0. The predicted molar refractivity (Wildman–Crippen MR) is 45.2 cm³/mol. The first-order chi connectivity index (χ1) is 6.09. The predicted octanol–water partition coefficient (Wildman–Crippen LogP) is 0.641. The molecular formula is C8H8N2O3. The highest BCUT2D eigenvalue weighted by Gasteiger charge is 1.98. The summed E-state index contributed by atoms with van der Waals surface area (Å²) in [7, 11) is 0. The fourth-order valence-electron chi connectivity index (χ4n) is 0.763. The van der Waals surface area contributed by atoms with E-state index in [4.69, 9.17) is 5.11 Å².